The summed E-state index contributed by atoms with van der Waals surface area (Å²) in [4.78, 5) is 16.8. The number of aromatic nitrogens is 1. The van der Waals surface area contributed by atoms with Gasteiger partial charge in [0, 0.05) is 23.1 Å². The highest BCUT2D eigenvalue weighted by atomic mass is 32.1. The molecule has 27 heavy (non-hydrogen) atoms. The maximum absolute atomic E-state index is 12.0. The Kier molecular flexibility index (Phi) is 4.85. The molecule has 2 heterocycles. The summed E-state index contributed by atoms with van der Waals surface area (Å²) in [6.45, 7) is 2.27. The molecule has 134 valence electrons. The molecule has 0 spiro atoms. The Balaban J connectivity index is 1.42. The lowest BCUT2D eigenvalue weighted by Gasteiger charge is -2.04. The monoisotopic (exact) mass is 374 g/mol. The molecule has 1 N–H and O–H groups in total. The average molecular weight is 374 g/mol. The summed E-state index contributed by atoms with van der Waals surface area (Å²) in [5.41, 5.74) is 4.20. The predicted octanol–water partition coefficient (Wildman–Crippen LogP) is 5.31. The highest BCUT2D eigenvalue weighted by molar-refractivity contribution is 7.13. The fourth-order valence-electron chi connectivity index (χ4n) is 2.74. The number of hydrogen-bond donors (Lipinski definition) is 1. The minimum Gasteiger partial charge on any atom is -0.456 e. The van der Waals surface area contributed by atoms with E-state index in [1.54, 1.807) is 23.5 Å². The Hall–Kier alpha value is -3.18. The zero-order valence-corrected chi connectivity index (χ0v) is 15.6. The van der Waals surface area contributed by atoms with Gasteiger partial charge in [0.05, 0.1) is 5.69 Å². The van der Waals surface area contributed by atoms with Gasteiger partial charge in [-0.05, 0) is 24.6 Å². The lowest BCUT2D eigenvalue weighted by molar-refractivity contribution is 0.0922. The van der Waals surface area contributed by atoms with E-state index in [0.29, 0.717) is 12.3 Å². The van der Waals surface area contributed by atoms with Crippen molar-refractivity contribution in [3.8, 4) is 21.8 Å². The molecule has 0 fully saturated rings. The first kappa shape index (κ1) is 17.2. The van der Waals surface area contributed by atoms with Gasteiger partial charge >= 0.3 is 0 Å². The zero-order chi connectivity index (χ0) is 18.6. The number of carbonyl (C=O) groups excluding carboxylic acids is 1. The van der Waals surface area contributed by atoms with Crippen molar-refractivity contribution >= 4 is 17.2 Å². The molecule has 0 aliphatic carbocycles. The first-order valence-corrected chi connectivity index (χ1v) is 9.52. The molecule has 0 unspecified atom stereocenters. The third kappa shape index (κ3) is 3.99. The summed E-state index contributed by atoms with van der Waals surface area (Å²) in [7, 11) is 0. The maximum Gasteiger partial charge on any atom is 0.287 e. The summed E-state index contributed by atoms with van der Waals surface area (Å²) in [6, 6.07) is 21.7. The Labute approximate surface area is 161 Å². The van der Waals surface area contributed by atoms with E-state index < -0.39 is 0 Å². The molecule has 0 radical (unpaired) electrons. The van der Waals surface area contributed by atoms with Gasteiger partial charge in [-0.15, -0.1) is 11.3 Å². The Bertz CT molecular complexity index is 1050. The number of furan rings is 1. The van der Waals surface area contributed by atoms with Crippen molar-refractivity contribution in [2.75, 3.05) is 0 Å². The number of carbonyl (C=O) groups is 1. The van der Waals surface area contributed by atoms with Crippen LogP contribution in [0.3, 0.4) is 0 Å². The summed E-state index contributed by atoms with van der Waals surface area (Å²) in [5, 5.41) is 5.92. The van der Waals surface area contributed by atoms with Gasteiger partial charge in [-0.3, -0.25) is 4.79 Å². The van der Waals surface area contributed by atoms with Crippen molar-refractivity contribution in [3.63, 3.8) is 0 Å². The standard InChI is InChI=1S/C22H18N2O2S/c1-15-7-12-20(26-15)21(25)23-13-16-8-10-18(11-9-16)22-24-19(14-27-22)17-5-3-2-4-6-17/h2-12,14H,13H2,1H3,(H,23,25). The van der Waals surface area contributed by atoms with Crippen molar-refractivity contribution < 1.29 is 9.21 Å². The second-order valence-electron chi connectivity index (χ2n) is 6.19. The van der Waals surface area contributed by atoms with Gasteiger partial charge in [0.2, 0.25) is 0 Å². The smallest absolute Gasteiger partial charge is 0.287 e. The zero-order valence-electron chi connectivity index (χ0n) is 14.8. The second-order valence-corrected chi connectivity index (χ2v) is 7.05. The van der Waals surface area contributed by atoms with Gasteiger partial charge < -0.3 is 9.73 Å². The van der Waals surface area contributed by atoms with Gasteiger partial charge in [0.1, 0.15) is 10.8 Å². The quantitative estimate of drug-likeness (QED) is 0.515. The number of nitrogens with zero attached hydrogens (tertiary/aromatic N) is 1. The highest BCUT2D eigenvalue weighted by Crippen LogP contribution is 2.28. The SMILES string of the molecule is Cc1ccc(C(=O)NCc2ccc(-c3nc(-c4ccccc4)cs3)cc2)o1. The van der Waals surface area contributed by atoms with Gasteiger partial charge in [-0.25, -0.2) is 4.98 Å². The molecule has 4 aromatic rings. The van der Waals surface area contributed by atoms with Crippen LogP contribution in [0.25, 0.3) is 21.8 Å². The molecule has 0 saturated heterocycles. The van der Waals surface area contributed by atoms with Crippen LogP contribution in [0.2, 0.25) is 0 Å². The Morgan fingerprint density at radius 2 is 1.78 bits per heavy atom. The number of nitrogens with one attached hydrogen (secondary N) is 1. The van der Waals surface area contributed by atoms with E-state index in [1.807, 2.05) is 49.4 Å². The van der Waals surface area contributed by atoms with Crippen molar-refractivity contribution in [2.24, 2.45) is 0 Å². The van der Waals surface area contributed by atoms with Crippen LogP contribution in [0.5, 0.6) is 0 Å². The van der Waals surface area contributed by atoms with Crippen molar-refractivity contribution in [3.05, 3.63) is 89.2 Å². The van der Waals surface area contributed by atoms with Crippen molar-refractivity contribution in [1.82, 2.24) is 10.3 Å². The largest absolute Gasteiger partial charge is 0.456 e. The van der Waals surface area contributed by atoms with Crippen LogP contribution in [0, 0.1) is 6.92 Å². The first-order chi connectivity index (χ1) is 13.2. The van der Waals surface area contributed by atoms with Crippen LogP contribution in [-0.4, -0.2) is 10.9 Å². The van der Waals surface area contributed by atoms with E-state index in [0.717, 1.165) is 33.2 Å². The highest BCUT2D eigenvalue weighted by Gasteiger charge is 2.10. The van der Waals surface area contributed by atoms with Crippen LogP contribution in [-0.2, 0) is 6.54 Å². The molecule has 0 atom stereocenters. The first-order valence-electron chi connectivity index (χ1n) is 8.64. The third-order valence-corrected chi connectivity index (χ3v) is 5.08. The van der Waals surface area contributed by atoms with Gasteiger partial charge in [0.15, 0.2) is 5.76 Å². The molecule has 2 aromatic carbocycles. The molecule has 0 bridgehead atoms. The minimum atomic E-state index is -0.209. The molecule has 2 aromatic heterocycles. The normalized spacial score (nSPS) is 10.7. The fraction of sp³-hybridized carbons (Fsp3) is 0.0909. The fourth-order valence-corrected chi connectivity index (χ4v) is 3.57. The summed E-state index contributed by atoms with van der Waals surface area (Å²) in [6.07, 6.45) is 0. The van der Waals surface area contributed by atoms with Crippen LogP contribution in [0.15, 0.2) is 76.5 Å². The van der Waals surface area contributed by atoms with Gasteiger partial charge in [-0.2, -0.15) is 0 Å². The Morgan fingerprint density at radius 3 is 2.48 bits per heavy atom. The van der Waals surface area contributed by atoms with E-state index in [9.17, 15) is 4.79 Å². The molecular weight excluding hydrogens is 356 g/mol. The number of aryl methyl sites for hydroxylation is 1. The van der Waals surface area contributed by atoms with Crippen LogP contribution in [0.4, 0.5) is 0 Å². The second kappa shape index (κ2) is 7.60. The summed E-state index contributed by atoms with van der Waals surface area (Å²) < 4.78 is 5.33. The van der Waals surface area contributed by atoms with Crippen LogP contribution < -0.4 is 5.32 Å². The average Bonchev–Trinajstić information content (AvgIpc) is 3.37. The molecule has 0 saturated carbocycles. The summed E-state index contributed by atoms with van der Waals surface area (Å²) >= 11 is 1.63. The van der Waals surface area contributed by atoms with E-state index in [2.05, 4.69) is 22.8 Å². The molecule has 4 nitrogen and oxygen atoms in total. The number of hydrogen-bond acceptors (Lipinski definition) is 4. The van der Waals surface area contributed by atoms with Crippen LogP contribution in [0.1, 0.15) is 21.9 Å². The molecular formula is C22H18N2O2S. The van der Waals surface area contributed by atoms with Gasteiger partial charge in [-0.1, -0.05) is 54.6 Å². The lowest BCUT2D eigenvalue weighted by Crippen LogP contribution is -2.22. The predicted molar refractivity (Wildman–Crippen MR) is 108 cm³/mol. The number of benzene rings is 2. The Morgan fingerprint density at radius 1 is 1.00 bits per heavy atom. The van der Waals surface area contributed by atoms with E-state index in [-0.39, 0.29) is 5.91 Å². The molecule has 4 rings (SSSR count). The molecule has 5 heteroatoms. The van der Waals surface area contributed by atoms with Gasteiger partial charge in [0.25, 0.3) is 5.91 Å². The number of amides is 1. The van der Waals surface area contributed by atoms with E-state index in [1.165, 1.54) is 0 Å². The van der Waals surface area contributed by atoms with E-state index >= 15 is 0 Å². The van der Waals surface area contributed by atoms with E-state index in [4.69, 9.17) is 9.40 Å². The third-order valence-electron chi connectivity index (χ3n) is 4.19. The van der Waals surface area contributed by atoms with Crippen molar-refractivity contribution in [2.45, 2.75) is 13.5 Å². The van der Waals surface area contributed by atoms with Crippen molar-refractivity contribution in [1.29, 1.82) is 0 Å². The topological polar surface area (TPSA) is 55.1 Å². The lowest BCUT2D eigenvalue weighted by atomic mass is 10.1. The molecule has 0 aliphatic rings. The molecule has 0 aliphatic heterocycles. The minimum absolute atomic E-state index is 0.209. The summed E-state index contributed by atoms with van der Waals surface area (Å²) in [5.74, 6) is 0.850. The number of thiazole rings is 1. The van der Waals surface area contributed by atoms with Crippen LogP contribution >= 0.6 is 11.3 Å². The molecule has 1 amide bonds. The number of rotatable bonds is 5. The maximum atomic E-state index is 12.0.